The zero-order chi connectivity index (χ0) is 25.3. The van der Waals surface area contributed by atoms with Crippen molar-refractivity contribution in [3.05, 3.63) is 98.0 Å². The zero-order valence-corrected chi connectivity index (χ0v) is 23.1. The van der Waals surface area contributed by atoms with Crippen LogP contribution in [-0.2, 0) is 17.1 Å². The monoisotopic (exact) mass is 547 g/mol. The molecule has 0 bridgehead atoms. The summed E-state index contributed by atoms with van der Waals surface area (Å²) in [7, 11) is 0. The van der Waals surface area contributed by atoms with Gasteiger partial charge < -0.3 is 4.98 Å². The number of nitro benzene ring substituents is 1. The van der Waals surface area contributed by atoms with Crippen LogP contribution in [0.15, 0.2) is 60.7 Å². The summed E-state index contributed by atoms with van der Waals surface area (Å²) in [5.74, 6) is 1.04. The number of rotatable bonds is 4. The van der Waals surface area contributed by atoms with Crippen molar-refractivity contribution in [3.8, 4) is 5.69 Å². The first-order chi connectivity index (χ1) is 16.7. The van der Waals surface area contributed by atoms with E-state index in [2.05, 4.69) is 74.8 Å². The van der Waals surface area contributed by atoms with Gasteiger partial charge in [0.1, 0.15) is 5.69 Å². The number of nitro groups is 1. The summed E-state index contributed by atoms with van der Waals surface area (Å²) in [6.45, 7) is 13.4. The Morgan fingerprint density at radius 1 is 0.889 bits per heavy atom. The number of hydrogen-bond acceptors (Lipinski definition) is 3. The molecule has 0 aliphatic heterocycles. The Morgan fingerprint density at radius 3 is 2.03 bits per heavy atom. The van der Waals surface area contributed by atoms with Crippen molar-refractivity contribution < 1.29 is 26.6 Å². The van der Waals surface area contributed by atoms with E-state index in [-0.39, 0.29) is 22.8 Å². The van der Waals surface area contributed by atoms with Gasteiger partial charge in [-0.15, -0.1) is 5.52 Å². The molecule has 0 fully saturated rings. The van der Waals surface area contributed by atoms with Crippen molar-refractivity contribution in [2.24, 2.45) is 0 Å². The third-order valence-corrected chi connectivity index (χ3v) is 7.21. The fourth-order valence-electron chi connectivity index (χ4n) is 4.33. The van der Waals surface area contributed by atoms with Gasteiger partial charge in [0.25, 0.3) is 5.69 Å². The van der Waals surface area contributed by atoms with Crippen LogP contribution in [0.1, 0.15) is 61.2 Å². The van der Waals surface area contributed by atoms with E-state index in [4.69, 9.17) is 0 Å². The second-order valence-electron chi connectivity index (χ2n) is 9.32. The molecule has 2 aromatic heterocycles. The van der Waals surface area contributed by atoms with Crippen molar-refractivity contribution in [1.82, 2.24) is 4.98 Å². The molecule has 7 heteroatoms. The topological polar surface area (TPSA) is 61.1 Å². The molecule has 0 aliphatic rings. The predicted octanol–water partition coefficient (Wildman–Crippen LogP) is 7.54. The van der Waals surface area contributed by atoms with Gasteiger partial charge in [-0.05, 0) is 51.1 Å². The van der Waals surface area contributed by atoms with E-state index in [9.17, 15) is 10.1 Å². The van der Waals surface area contributed by atoms with Crippen LogP contribution in [0, 0.1) is 29.5 Å². The van der Waals surface area contributed by atoms with Crippen LogP contribution < -0.4 is 9.55 Å². The van der Waals surface area contributed by atoms with E-state index in [0.29, 0.717) is 17.4 Å². The minimum Gasteiger partial charge on any atom is -0.651 e. The van der Waals surface area contributed by atoms with Gasteiger partial charge in [-0.3, -0.25) is 14.7 Å². The Labute approximate surface area is 226 Å². The molecule has 0 spiro atoms. The minimum absolute atomic E-state index is 0. The van der Waals surface area contributed by atoms with Crippen molar-refractivity contribution >= 4 is 38.8 Å². The van der Waals surface area contributed by atoms with Crippen LogP contribution in [-0.4, -0.2) is 4.92 Å². The van der Waals surface area contributed by atoms with Gasteiger partial charge in [0.05, 0.1) is 10.6 Å². The Kier molecular flexibility index (Phi) is 8.72. The maximum Gasteiger partial charge on any atom is 2.00 e. The number of nitrogens with zero attached hydrogens (tertiary/aromatic N) is 3. The molecule has 0 N–H and O–H groups in total. The molecule has 0 saturated carbocycles. The SMILES string of the molecule is Cc1s[c-][n+](-c2c(C(C)C)cccc2C(C)C)c1C.O=[N+]([O-])c1cccc2c1[n-]c1ccccc12.[Cu+2]. The summed E-state index contributed by atoms with van der Waals surface area (Å²) in [6.07, 6.45) is 0. The van der Waals surface area contributed by atoms with Crippen LogP contribution in [0.4, 0.5) is 5.69 Å². The molecular weight excluding hydrogens is 518 g/mol. The molecule has 1 radical (unpaired) electrons. The average Bonchev–Trinajstić information content (AvgIpc) is 3.38. The number of benzene rings is 3. The number of hydrogen-bond donors (Lipinski definition) is 0. The van der Waals surface area contributed by atoms with Gasteiger partial charge in [-0.2, -0.15) is 11.3 Å². The molecule has 5 aromatic rings. The van der Waals surface area contributed by atoms with Gasteiger partial charge in [-0.25, -0.2) is 0 Å². The number of aromatic nitrogens is 2. The summed E-state index contributed by atoms with van der Waals surface area (Å²) >= 11 is 1.70. The molecule has 0 saturated heterocycles. The van der Waals surface area contributed by atoms with Crippen LogP contribution in [0.2, 0.25) is 0 Å². The fraction of sp³-hybridized carbons (Fsp3) is 0.276. The first kappa shape index (κ1) is 27.6. The van der Waals surface area contributed by atoms with E-state index < -0.39 is 4.92 Å². The van der Waals surface area contributed by atoms with Crippen molar-refractivity contribution in [1.29, 1.82) is 0 Å². The normalized spacial score (nSPS) is 11.0. The van der Waals surface area contributed by atoms with Crippen molar-refractivity contribution in [2.75, 3.05) is 0 Å². The largest absolute Gasteiger partial charge is 2.00 e. The molecule has 5 nitrogen and oxygen atoms in total. The van der Waals surface area contributed by atoms with Gasteiger partial charge in [0.2, 0.25) is 5.51 Å². The molecule has 189 valence electrons. The first-order valence-corrected chi connectivity index (χ1v) is 12.6. The van der Waals surface area contributed by atoms with Crippen LogP contribution in [0.5, 0.6) is 0 Å². The maximum absolute atomic E-state index is 10.9. The number of thiazole rings is 1. The second kappa shape index (κ2) is 11.4. The average molecular weight is 548 g/mol. The number of non-ortho nitro benzene ring substituents is 1. The molecule has 36 heavy (non-hydrogen) atoms. The van der Waals surface area contributed by atoms with Gasteiger partial charge in [-0.1, -0.05) is 89.2 Å². The molecule has 0 atom stereocenters. The quantitative estimate of drug-likeness (QED) is 0.0767. The third-order valence-electron chi connectivity index (χ3n) is 6.34. The predicted molar refractivity (Wildman–Crippen MR) is 144 cm³/mol. The van der Waals surface area contributed by atoms with Crippen LogP contribution in [0.25, 0.3) is 27.5 Å². The molecule has 0 aliphatic carbocycles. The van der Waals surface area contributed by atoms with E-state index in [1.54, 1.807) is 17.4 Å². The molecular formula is C29H30CuN3O2S+. The maximum atomic E-state index is 10.9. The Morgan fingerprint density at radius 2 is 1.47 bits per heavy atom. The minimum atomic E-state index is -0.395. The number of para-hydroxylation sites is 3. The third kappa shape index (κ3) is 5.24. The number of aryl methyl sites for hydroxylation is 1. The van der Waals surface area contributed by atoms with Crippen molar-refractivity contribution in [3.63, 3.8) is 0 Å². The molecule has 5 rings (SSSR count). The molecule has 0 amide bonds. The molecule has 0 unspecified atom stereocenters. The van der Waals surface area contributed by atoms with Crippen molar-refractivity contribution in [2.45, 2.75) is 53.4 Å². The molecule has 2 heterocycles. The zero-order valence-electron chi connectivity index (χ0n) is 21.3. The Balaban J connectivity index is 0.000000197. The van der Waals surface area contributed by atoms with Gasteiger partial charge >= 0.3 is 17.1 Å². The summed E-state index contributed by atoms with van der Waals surface area (Å²) in [5.41, 5.74) is 10.2. The van der Waals surface area contributed by atoms with Gasteiger partial charge in [0.15, 0.2) is 0 Å². The van der Waals surface area contributed by atoms with E-state index in [0.717, 1.165) is 16.3 Å². The van der Waals surface area contributed by atoms with Gasteiger partial charge in [0, 0.05) is 6.07 Å². The number of fused-ring (bicyclic) bond motifs is 3. The summed E-state index contributed by atoms with van der Waals surface area (Å²) < 4.78 is 2.25. The Bertz CT molecular complexity index is 1490. The first-order valence-electron chi connectivity index (χ1n) is 11.8. The Hall–Kier alpha value is -2.99. The van der Waals surface area contributed by atoms with Crippen LogP contribution in [0.3, 0.4) is 0 Å². The molecule has 3 aromatic carbocycles. The summed E-state index contributed by atoms with van der Waals surface area (Å²) in [5, 5.41) is 12.7. The smallest absolute Gasteiger partial charge is 0.651 e. The van der Waals surface area contributed by atoms with E-state index in [1.165, 1.54) is 33.5 Å². The van der Waals surface area contributed by atoms with Crippen LogP contribution >= 0.6 is 11.3 Å². The summed E-state index contributed by atoms with van der Waals surface area (Å²) in [6, 6.07) is 19.3. The fourth-order valence-corrected chi connectivity index (χ4v) is 5.03. The summed E-state index contributed by atoms with van der Waals surface area (Å²) in [4.78, 5) is 16.1. The second-order valence-corrected chi connectivity index (χ2v) is 10.3. The standard InChI is InChI=1S/C17H23NS.C12H7N2O2.Cu/c1-11(2)15-8-7-9-16(12(3)4)17(15)18-10-19-14(6)13(18)5;15-14(16)11-7-3-5-9-8-4-1-2-6-10(8)13-12(9)11;/h7-9,11-12H,1-6H3;1-7H;/q;-1;+2. The van der Waals surface area contributed by atoms with E-state index in [1.807, 2.05) is 30.3 Å². The van der Waals surface area contributed by atoms with E-state index >= 15 is 0 Å².